The van der Waals surface area contributed by atoms with Crippen LogP contribution in [0.4, 0.5) is 4.79 Å². The van der Waals surface area contributed by atoms with Gasteiger partial charge in [0.2, 0.25) is 0 Å². The van der Waals surface area contributed by atoms with Crippen molar-refractivity contribution in [3.8, 4) is 5.75 Å². The number of phenolic OH excluding ortho intramolecular Hbond substituents is 1. The first-order valence-corrected chi connectivity index (χ1v) is 7.51. The Hall–Kier alpha value is -1.76. The fourth-order valence-corrected chi connectivity index (χ4v) is 2.52. The lowest BCUT2D eigenvalue weighted by molar-refractivity contribution is 0.0568. The maximum atomic E-state index is 12.4. The molecule has 21 heavy (non-hydrogen) atoms. The van der Waals surface area contributed by atoms with Crippen LogP contribution in [-0.2, 0) is 4.74 Å². The van der Waals surface area contributed by atoms with Gasteiger partial charge in [0.25, 0.3) is 5.91 Å². The molecule has 114 valence electrons. The SMILES string of the molecule is CCOC(=O)N1CCN(C(=O)c2cc(Br)ccc2O)CC1. The van der Waals surface area contributed by atoms with Gasteiger partial charge in [-0.25, -0.2) is 4.79 Å². The summed E-state index contributed by atoms with van der Waals surface area (Å²) in [5, 5.41) is 9.79. The van der Waals surface area contributed by atoms with Crippen molar-refractivity contribution >= 4 is 27.9 Å². The molecule has 0 saturated carbocycles. The lowest BCUT2D eigenvalue weighted by atomic mass is 10.1. The smallest absolute Gasteiger partial charge is 0.409 e. The van der Waals surface area contributed by atoms with Gasteiger partial charge >= 0.3 is 6.09 Å². The lowest BCUT2D eigenvalue weighted by Gasteiger charge is -2.34. The van der Waals surface area contributed by atoms with Crippen LogP contribution in [0, 0.1) is 0 Å². The average molecular weight is 357 g/mol. The van der Waals surface area contributed by atoms with Crippen LogP contribution >= 0.6 is 15.9 Å². The van der Waals surface area contributed by atoms with Gasteiger partial charge in [0.05, 0.1) is 12.2 Å². The summed E-state index contributed by atoms with van der Waals surface area (Å²) in [4.78, 5) is 27.2. The van der Waals surface area contributed by atoms with E-state index >= 15 is 0 Å². The zero-order valence-corrected chi connectivity index (χ0v) is 13.3. The Morgan fingerprint density at radius 3 is 2.48 bits per heavy atom. The third-order valence-electron chi connectivity index (χ3n) is 3.28. The van der Waals surface area contributed by atoms with Crippen molar-refractivity contribution in [2.75, 3.05) is 32.8 Å². The molecule has 0 aromatic heterocycles. The number of amides is 2. The fourth-order valence-electron chi connectivity index (χ4n) is 2.16. The highest BCUT2D eigenvalue weighted by molar-refractivity contribution is 9.10. The molecule has 1 aliphatic heterocycles. The third kappa shape index (κ3) is 3.66. The molecule has 1 heterocycles. The molecular weight excluding hydrogens is 340 g/mol. The van der Waals surface area contributed by atoms with Gasteiger partial charge in [0, 0.05) is 30.7 Å². The van der Waals surface area contributed by atoms with Gasteiger partial charge in [-0.2, -0.15) is 0 Å². The molecule has 1 aliphatic rings. The van der Waals surface area contributed by atoms with Crippen LogP contribution < -0.4 is 0 Å². The number of ether oxygens (including phenoxy) is 1. The van der Waals surface area contributed by atoms with Gasteiger partial charge in [-0.05, 0) is 25.1 Å². The Kier molecular flexibility index (Phi) is 5.06. The molecular formula is C14H17BrN2O4. The number of carbonyl (C=O) groups excluding carboxylic acids is 2. The highest BCUT2D eigenvalue weighted by atomic mass is 79.9. The Labute approximate surface area is 131 Å². The van der Waals surface area contributed by atoms with Crippen molar-refractivity contribution in [3.05, 3.63) is 28.2 Å². The number of aromatic hydroxyl groups is 1. The first-order chi connectivity index (χ1) is 10.0. The minimum absolute atomic E-state index is 0.0453. The summed E-state index contributed by atoms with van der Waals surface area (Å²) < 4.78 is 5.66. The minimum atomic E-state index is -0.352. The van der Waals surface area contributed by atoms with Crippen LogP contribution in [0.1, 0.15) is 17.3 Å². The molecule has 1 N–H and O–H groups in total. The number of benzene rings is 1. The van der Waals surface area contributed by atoms with E-state index in [4.69, 9.17) is 4.74 Å². The number of hydrogen-bond acceptors (Lipinski definition) is 4. The summed E-state index contributed by atoms with van der Waals surface area (Å²) >= 11 is 3.28. The van der Waals surface area contributed by atoms with E-state index in [1.807, 2.05) is 0 Å². The Morgan fingerprint density at radius 1 is 1.24 bits per heavy atom. The zero-order chi connectivity index (χ0) is 15.4. The van der Waals surface area contributed by atoms with Crippen LogP contribution in [-0.4, -0.2) is 59.7 Å². The Balaban J connectivity index is 2.00. The monoisotopic (exact) mass is 356 g/mol. The van der Waals surface area contributed by atoms with E-state index in [0.717, 1.165) is 4.47 Å². The summed E-state index contributed by atoms with van der Waals surface area (Å²) in [5.74, 6) is -0.284. The summed E-state index contributed by atoms with van der Waals surface area (Å²) in [7, 11) is 0. The molecule has 2 amide bonds. The van der Waals surface area contributed by atoms with Crippen LogP contribution in [0.15, 0.2) is 22.7 Å². The molecule has 7 heteroatoms. The molecule has 0 atom stereocenters. The van der Waals surface area contributed by atoms with Crippen molar-refractivity contribution in [3.63, 3.8) is 0 Å². The van der Waals surface area contributed by atoms with Crippen LogP contribution in [0.3, 0.4) is 0 Å². The quantitative estimate of drug-likeness (QED) is 0.880. The Morgan fingerprint density at radius 2 is 1.86 bits per heavy atom. The Bertz CT molecular complexity index is 542. The van der Waals surface area contributed by atoms with Gasteiger partial charge < -0.3 is 19.6 Å². The van der Waals surface area contributed by atoms with Crippen molar-refractivity contribution < 1.29 is 19.4 Å². The zero-order valence-electron chi connectivity index (χ0n) is 11.7. The predicted octanol–water partition coefficient (Wildman–Crippen LogP) is 2.07. The van der Waals surface area contributed by atoms with Gasteiger partial charge in [-0.15, -0.1) is 0 Å². The van der Waals surface area contributed by atoms with Gasteiger partial charge in [0.1, 0.15) is 5.75 Å². The van der Waals surface area contributed by atoms with Crippen molar-refractivity contribution in [1.82, 2.24) is 9.80 Å². The molecule has 0 spiro atoms. The topological polar surface area (TPSA) is 70.1 Å². The molecule has 0 aliphatic carbocycles. The number of nitrogens with zero attached hydrogens (tertiary/aromatic N) is 2. The van der Waals surface area contributed by atoms with Crippen LogP contribution in [0.5, 0.6) is 5.75 Å². The van der Waals surface area contributed by atoms with E-state index in [1.54, 1.807) is 28.9 Å². The van der Waals surface area contributed by atoms with Crippen LogP contribution in [0.25, 0.3) is 0 Å². The predicted molar refractivity (Wildman–Crippen MR) is 80.3 cm³/mol. The average Bonchev–Trinajstić information content (AvgIpc) is 2.49. The second-order valence-corrected chi connectivity index (χ2v) is 5.56. The highest BCUT2D eigenvalue weighted by Crippen LogP contribution is 2.23. The second-order valence-electron chi connectivity index (χ2n) is 4.64. The van der Waals surface area contributed by atoms with E-state index in [1.165, 1.54) is 6.07 Å². The van der Waals surface area contributed by atoms with Crippen molar-refractivity contribution in [1.29, 1.82) is 0 Å². The molecule has 1 aromatic rings. The lowest BCUT2D eigenvalue weighted by Crippen LogP contribution is -2.50. The molecule has 6 nitrogen and oxygen atoms in total. The highest BCUT2D eigenvalue weighted by Gasteiger charge is 2.26. The fraction of sp³-hybridized carbons (Fsp3) is 0.429. The number of piperazine rings is 1. The summed E-state index contributed by atoms with van der Waals surface area (Å²) in [6.45, 7) is 3.80. The van der Waals surface area contributed by atoms with E-state index in [0.29, 0.717) is 32.8 Å². The van der Waals surface area contributed by atoms with E-state index in [-0.39, 0.29) is 23.3 Å². The van der Waals surface area contributed by atoms with Crippen molar-refractivity contribution in [2.24, 2.45) is 0 Å². The van der Waals surface area contributed by atoms with Crippen LogP contribution in [0.2, 0.25) is 0 Å². The molecule has 1 saturated heterocycles. The largest absolute Gasteiger partial charge is 0.507 e. The van der Waals surface area contributed by atoms with E-state index in [2.05, 4.69) is 15.9 Å². The minimum Gasteiger partial charge on any atom is -0.507 e. The number of rotatable bonds is 2. The van der Waals surface area contributed by atoms with Crippen molar-refractivity contribution in [2.45, 2.75) is 6.92 Å². The normalized spacial score (nSPS) is 15.0. The van der Waals surface area contributed by atoms with Gasteiger partial charge in [-0.3, -0.25) is 4.79 Å². The standard InChI is InChI=1S/C14H17BrN2O4/c1-2-21-14(20)17-7-5-16(6-8-17)13(19)11-9-10(15)3-4-12(11)18/h3-4,9,18H,2,5-8H2,1H3. The third-order valence-corrected chi connectivity index (χ3v) is 3.78. The molecule has 1 fully saturated rings. The number of phenols is 1. The number of halogens is 1. The van der Waals surface area contributed by atoms with E-state index < -0.39 is 0 Å². The van der Waals surface area contributed by atoms with Gasteiger partial charge in [0.15, 0.2) is 0 Å². The first-order valence-electron chi connectivity index (χ1n) is 6.72. The molecule has 0 radical (unpaired) electrons. The van der Waals surface area contributed by atoms with Gasteiger partial charge in [-0.1, -0.05) is 15.9 Å². The molecule has 0 unspecified atom stereocenters. The molecule has 1 aromatic carbocycles. The maximum absolute atomic E-state index is 12.4. The molecule has 0 bridgehead atoms. The summed E-state index contributed by atoms with van der Waals surface area (Å²) in [6.07, 6.45) is -0.352. The number of hydrogen-bond donors (Lipinski definition) is 1. The van der Waals surface area contributed by atoms with E-state index in [9.17, 15) is 14.7 Å². The molecule has 2 rings (SSSR count). The summed E-state index contributed by atoms with van der Waals surface area (Å²) in [5.41, 5.74) is 0.258. The second kappa shape index (κ2) is 6.80. The maximum Gasteiger partial charge on any atom is 0.409 e. The first kappa shape index (κ1) is 15.6. The summed E-state index contributed by atoms with van der Waals surface area (Å²) in [6, 6.07) is 4.74. The number of carbonyl (C=O) groups is 2.